The van der Waals surface area contributed by atoms with Gasteiger partial charge in [0.05, 0.1) is 20.3 Å². The molecule has 29 heavy (non-hydrogen) atoms. The fourth-order valence-electron chi connectivity index (χ4n) is 2.90. The number of carbonyl (C=O) groups excluding carboxylic acids is 2. The fraction of sp³-hybridized carbons (Fsp3) is 0.391. The Morgan fingerprint density at radius 2 is 1.69 bits per heavy atom. The molecule has 0 fully saturated rings. The Kier molecular flexibility index (Phi) is 8.07. The molecule has 2 rings (SSSR count). The van der Waals surface area contributed by atoms with Gasteiger partial charge in [0, 0.05) is 6.42 Å². The van der Waals surface area contributed by atoms with Crippen molar-refractivity contribution in [3.05, 3.63) is 58.7 Å². The van der Waals surface area contributed by atoms with Crippen LogP contribution in [0.2, 0.25) is 0 Å². The summed E-state index contributed by atoms with van der Waals surface area (Å²) in [6.07, 6.45) is 0.662. The van der Waals surface area contributed by atoms with Gasteiger partial charge in [0.2, 0.25) is 0 Å². The predicted octanol–water partition coefficient (Wildman–Crippen LogP) is 3.67. The summed E-state index contributed by atoms with van der Waals surface area (Å²) in [6, 6.07) is 11.4. The average Bonchev–Trinajstić information content (AvgIpc) is 2.72. The first-order valence-corrected chi connectivity index (χ1v) is 9.57. The minimum absolute atomic E-state index is 0.160. The van der Waals surface area contributed by atoms with Crippen molar-refractivity contribution in [1.29, 1.82) is 0 Å². The number of benzene rings is 2. The van der Waals surface area contributed by atoms with Gasteiger partial charge in [0.15, 0.2) is 18.1 Å². The van der Waals surface area contributed by atoms with Crippen LogP contribution in [0.5, 0.6) is 11.5 Å². The van der Waals surface area contributed by atoms with E-state index < -0.39 is 5.97 Å². The number of rotatable bonds is 9. The van der Waals surface area contributed by atoms with Gasteiger partial charge in [-0.15, -0.1) is 0 Å². The van der Waals surface area contributed by atoms with Gasteiger partial charge in [-0.25, -0.2) is 0 Å². The van der Waals surface area contributed by atoms with E-state index >= 15 is 0 Å². The van der Waals surface area contributed by atoms with Crippen LogP contribution in [0.4, 0.5) is 0 Å². The van der Waals surface area contributed by atoms with Crippen molar-refractivity contribution in [3.63, 3.8) is 0 Å². The third-order valence-corrected chi connectivity index (χ3v) is 4.84. The molecule has 1 N–H and O–H groups in total. The largest absolute Gasteiger partial charge is 0.493 e. The van der Waals surface area contributed by atoms with Gasteiger partial charge in [-0.3, -0.25) is 9.59 Å². The average molecular weight is 399 g/mol. The van der Waals surface area contributed by atoms with Gasteiger partial charge in [0.25, 0.3) is 5.91 Å². The first kappa shape index (κ1) is 22.3. The van der Waals surface area contributed by atoms with Gasteiger partial charge in [-0.2, -0.15) is 0 Å². The molecule has 2 aromatic rings. The smallest absolute Gasteiger partial charge is 0.306 e. The second kappa shape index (κ2) is 10.5. The van der Waals surface area contributed by atoms with Crippen LogP contribution < -0.4 is 14.8 Å². The molecule has 2 aromatic carbocycles. The van der Waals surface area contributed by atoms with Crippen LogP contribution in [-0.2, 0) is 20.7 Å². The zero-order chi connectivity index (χ0) is 21.4. The molecule has 0 radical (unpaired) electrons. The maximum absolute atomic E-state index is 12.1. The molecule has 0 aromatic heterocycles. The van der Waals surface area contributed by atoms with Crippen LogP contribution in [-0.4, -0.2) is 32.7 Å². The van der Waals surface area contributed by atoms with E-state index in [9.17, 15) is 9.59 Å². The van der Waals surface area contributed by atoms with Crippen molar-refractivity contribution in [3.8, 4) is 11.5 Å². The van der Waals surface area contributed by atoms with E-state index in [0.717, 1.165) is 11.1 Å². The molecule has 0 bridgehead atoms. The van der Waals surface area contributed by atoms with Crippen molar-refractivity contribution in [2.24, 2.45) is 0 Å². The van der Waals surface area contributed by atoms with Crippen LogP contribution in [0.3, 0.4) is 0 Å². The normalized spacial score (nSPS) is 11.5. The van der Waals surface area contributed by atoms with Crippen molar-refractivity contribution in [2.45, 2.75) is 39.7 Å². The maximum Gasteiger partial charge on any atom is 0.306 e. The fourth-order valence-corrected chi connectivity index (χ4v) is 2.90. The van der Waals surface area contributed by atoms with Gasteiger partial charge in [-0.1, -0.05) is 24.3 Å². The standard InChI is InChI=1S/C23H29NO5/c1-15-6-9-19(12-16(15)2)17(3)24-22(25)14-29-23(26)11-8-18-7-10-20(27-4)21(13-18)28-5/h6-7,9-10,12-13,17H,8,11,14H2,1-5H3,(H,24,25)/t17-/m0/s1. The molecule has 1 atom stereocenters. The van der Waals surface area contributed by atoms with Crippen LogP contribution >= 0.6 is 0 Å². The second-order valence-electron chi connectivity index (χ2n) is 6.98. The molecule has 156 valence electrons. The first-order valence-electron chi connectivity index (χ1n) is 9.57. The first-order chi connectivity index (χ1) is 13.8. The number of hydrogen-bond donors (Lipinski definition) is 1. The number of ether oxygens (including phenoxy) is 3. The summed E-state index contributed by atoms with van der Waals surface area (Å²) in [6.45, 7) is 5.69. The van der Waals surface area contributed by atoms with Crippen molar-refractivity contribution < 1.29 is 23.8 Å². The molecule has 0 heterocycles. The summed E-state index contributed by atoms with van der Waals surface area (Å²) in [4.78, 5) is 24.1. The number of methoxy groups -OCH3 is 2. The topological polar surface area (TPSA) is 73.9 Å². The zero-order valence-corrected chi connectivity index (χ0v) is 17.7. The third-order valence-electron chi connectivity index (χ3n) is 4.84. The highest BCUT2D eigenvalue weighted by Gasteiger charge is 2.13. The molecule has 0 saturated heterocycles. The summed E-state index contributed by atoms with van der Waals surface area (Å²) < 4.78 is 15.6. The van der Waals surface area contributed by atoms with Gasteiger partial charge >= 0.3 is 5.97 Å². The van der Waals surface area contributed by atoms with E-state index in [1.165, 1.54) is 11.1 Å². The highest BCUT2D eigenvalue weighted by Crippen LogP contribution is 2.28. The van der Waals surface area contributed by atoms with E-state index in [-0.39, 0.29) is 25.0 Å². The summed E-state index contributed by atoms with van der Waals surface area (Å²) in [5.41, 5.74) is 4.31. The number of hydrogen-bond acceptors (Lipinski definition) is 5. The Hall–Kier alpha value is -3.02. The lowest BCUT2D eigenvalue weighted by Gasteiger charge is -2.16. The molecule has 0 saturated carbocycles. The zero-order valence-electron chi connectivity index (χ0n) is 17.7. The molecule has 0 aliphatic carbocycles. The molecule has 6 nitrogen and oxygen atoms in total. The lowest BCUT2D eigenvalue weighted by molar-refractivity contribution is -0.148. The summed E-state index contributed by atoms with van der Waals surface area (Å²) >= 11 is 0. The maximum atomic E-state index is 12.1. The van der Waals surface area contributed by atoms with Crippen LogP contribution in [0, 0.1) is 13.8 Å². The number of carbonyl (C=O) groups is 2. The summed E-state index contributed by atoms with van der Waals surface area (Å²) in [5.74, 6) is 0.496. The van der Waals surface area contributed by atoms with Gasteiger partial charge in [0.1, 0.15) is 0 Å². The van der Waals surface area contributed by atoms with Crippen molar-refractivity contribution in [2.75, 3.05) is 20.8 Å². The van der Waals surface area contributed by atoms with E-state index in [1.54, 1.807) is 20.3 Å². The SMILES string of the molecule is COc1ccc(CCC(=O)OCC(=O)N[C@@H](C)c2ccc(C)c(C)c2)cc1OC. The Morgan fingerprint density at radius 1 is 0.966 bits per heavy atom. The molecule has 0 unspecified atom stereocenters. The summed E-state index contributed by atoms with van der Waals surface area (Å²) in [5, 5.41) is 2.85. The molecule has 6 heteroatoms. The van der Waals surface area contributed by atoms with Crippen molar-refractivity contribution in [1.82, 2.24) is 5.32 Å². The molecule has 0 aliphatic heterocycles. The van der Waals surface area contributed by atoms with E-state index in [2.05, 4.69) is 11.4 Å². The van der Waals surface area contributed by atoms with E-state index in [4.69, 9.17) is 14.2 Å². The van der Waals surface area contributed by atoms with Crippen LogP contribution in [0.1, 0.15) is 41.6 Å². The quantitative estimate of drug-likeness (QED) is 0.651. The molecule has 0 spiro atoms. The number of esters is 1. The number of amides is 1. The molecular weight excluding hydrogens is 370 g/mol. The Morgan fingerprint density at radius 3 is 2.34 bits per heavy atom. The number of nitrogens with one attached hydrogen (secondary N) is 1. The molecule has 1 amide bonds. The van der Waals surface area contributed by atoms with Gasteiger partial charge < -0.3 is 19.5 Å². The van der Waals surface area contributed by atoms with Crippen molar-refractivity contribution >= 4 is 11.9 Å². The Balaban J connectivity index is 1.78. The Labute approximate surface area is 172 Å². The minimum atomic E-state index is -0.422. The monoisotopic (exact) mass is 399 g/mol. The van der Waals surface area contributed by atoms with E-state index in [1.807, 2.05) is 45.0 Å². The molecular formula is C23H29NO5. The van der Waals surface area contributed by atoms with E-state index in [0.29, 0.717) is 17.9 Å². The van der Waals surface area contributed by atoms with Gasteiger partial charge in [-0.05, 0) is 61.6 Å². The highest BCUT2D eigenvalue weighted by atomic mass is 16.5. The predicted molar refractivity (Wildman–Crippen MR) is 111 cm³/mol. The summed E-state index contributed by atoms with van der Waals surface area (Å²) in [7, 11) is 3.13. The lowest BCUT2D eigenvalue weighted by atomic mass is 10.0. The lowest BCUT2D eigenvalue weighted by Crippen LogP contribution is -2.31. The second-order valence-corrected chi connectivity index (χ2v) is 6.98. The van der Waals surface area contributed by atoms with Crippen LogP contribution in [0.15, 0.2) is 36.4 Å². The third kappa shape index (κ3) is 6.52. The highest BCUT2D eigenvalue weighted by molar-refractivity contribution is 5.80. The minimum Gasteiger partial charge on any atom is -0.493 e. The van der Waals surface area contributed by atoms with Crippen LogP contribution in [0.25, 0.3) is 0 Å². The Bertz CT molecular complexity index is 862. The molecule has 0 aliphatic rings. The number of aryl methyl sites for hydroxylation is 3.